The van der Waals surface area contributed by atoms with Gasteiger partial charge in [0, 0.05) is 5.56 Å². The third kappa shape index (κ3) is 3.62. The highest BCUT2D eigenvalue weighted by atomic mass is 16.5. The van der Waals surface area contributed by atoms with Gasteiger partial charge in [0.15, 0.2) is 0 Å². The smallest absolute Gasteiger partial charge is 0.128 e. The number of carboxylic acids is 1. The van der Waals surface area contributed by atoms with E-state index < -0.39 is 5.97 Å². The molecule has 0 aromatic heterocycles. The number of hydrogen-bond acceptors (Lipinski definition) is 3. The summed E-state index contributed by atoms with van der Waals surface area (Å²) in [5, 5.41) is 10.7. The Morgan fingerprint density at radius 2 is 2.07 bits per heavy atom. The molecule has 3 heteroatoms. The molecule has 1 rings (SSSR count). The van der Waals surface area contributed by atoms with Crippen molar-refractivity contribution in [2.45, 2.75) is 20.3 Å². The van der Waals surface area contributed by atoms with E-state index in [4.69, 9.17) is 4.74 Å². The van der Waals surface area contributed by atoms with Crippen LogP contribution in [0.5, 0.6) is 5.75 Å². The molecular weight excluding hydrogens is 192 g/mol. The number of carboxylic acid groups (broad SMARTS) is 1. The molecule has 0 radical (unpaired) electrons. The molecule has 0 fully saturated rings. The van der Waals surface area contributed by atoms with Gasteiger partial charge in [-0.15, -0.1) is 0 Å². The van der Waals surface area contributed by atoms with Crippen molar-refractivity contribution < 1.29 is 14.6 Å². The van der Waals surface area contributed by atoms with E-state index in [1.807, 2.05) is 0 Å². The second-order valence-corrected chi connectivity index (χ2v) is 3.81. The van der Waals surface area contributed by atoms with Crippen LogP contribution in [0, 0.1) is 5.92 Å². The van der Waals surface area contributed by atoms with Crippen molar-refractivity contribution in [3.05, 3.63) is 29.8 Å². The van der Waals surface area contributed by atoms with Gasteiger partial charge in [0.25, 0.3) is 0 Å². The van der Waals surface area contributed by atoms with Crippen molar-refractivity contribution in [2.75, 3.05) is 6.61 Å². The van der Waals surface area contributed by atoms with E-state index in [0.29, 0.717) is 18.3 Å². The maximum Gasteiger partial charge on any atom is 0.128 e. The number of carbonyl (C=O) groups excluding carboxylic acids is 1. The zero-order valence-corrected chi connectivity index (χ0v) is 9.03. The Morgan fingerprint density at radius 1 is 1.40 bits per heavy atom. The number of benzene rings is 1. The lowest BCUT2D eigenvalue weighted by Crippen LogP contribution is -2.23. The Bertz CT molecular complexity index is 331. The first-order valence-electron chi connectivity index (χ1n) is 5.04. The van der Waals surface area contributed by atoms with Gasteiger partial charge in [-0.3, -0.25) is 0 Å². The van der Waals surface area contributed by atoms with E-state index in [0.717, 1.165) is 6.42 Å². The third-order valence-electron chi connectivity index (χ3n) is 2.06. The summed E-state index contributed by atoms with van der Waals surface area (Å²) in [6, 6.07) is 6.53. The molecule has 1 aromatic carbocycles. The van der Waals surface area contributed by atoms with Crippen molar-refractivity contribution in [2.24, 2.45) is 5.92 Å². The fourth-order valence-electron chi connectivity index (χ4n) is 1.17. The summed E-state index contributed by atoms with van der Waals surface area (Å²) in [6.45, 7) is 4.71. The largest absolute Gasteiger partial charge is 0.545 e. The highest BCUT2D eigenvalue weighted by Gasteiger charge is 2.03. The maximum absolute atomic E-state index is 10.7. The molecule has 0 N–H and O–H groups in total. The van der Waals surface area contributed by atoms with Crippen LogP contribution in [0.3, 0.4) is 0 Å². The molecule has 0 unspecified atom stereocenters. The fraction of sp³-hybridized carbons (Fsp3) is 0.417. The first-order chi connectivity index (χ1) is 7.11. The van der Waals surface area contributed by atoms with Crippen LogP contribution in [-0.2, 0) is 0 Å². The van der Waals surface area contributed by atoms with Crippen LogP contribution in [0.2, 0.25) is 0 Å². The maximum atomic E-state index is 10.7. The van der Waals surface area contributed by atoms with Gasteiger partial charge in [-0.1, -0.05) is 26.0 Å². The summed E-state index contributed by atoms with van der Waals surface area (Å²) in [5.74, 6) is -0.270. The van der Waals surface area contributed by atoms with Gasteiger partial charge in [-0.2, -0.15) is 0 Å². The lowest BCUT2D eigenvalue weighted by Gasteiger charge is -2.12. The minimum atomic E-state index is -1.20. The number of ether oxygens (including phenoxy) is 1. The molecule has 0 bridgehead atoms. The zero-order chi connectivity index (χ0) is 11.3. The van der Waals surface area contributed by atoms with Crippen LogP contribution in [0.1, 0.15) is 30.6 Å². The number of para-hydroxylation sites is 1. The lowest BCUT2D eigenvalue weighted by molar-refractivity contribution is -0.255. The molecule has 3 nitrogen and oxygen atoms in total. The first kappa shape index (κ1) is 11.6. The van der Waals surface area contributed by atoms with Crippen LogP contribution in [0.4, 0.5) is 0 Å². The molecule has 15 heavy (non-hydrogen) atoms. The summed E-state index contributed by atoms with van der Waals surface area (Å²) in [4.78, 5) is 10.7. The molecule has 1 aromatic rings. The van der Waals surface area contributed by atoms with Gasteiger partial charge in [0.05, 0.1) is 12.6 Å². The molecule has 82 valence electrons. The van der Waals surface area contributed by atoms with Gasteiger partial charge in [0.2, 0.25) is 0 Å². The quantitative estimate of drug-likeness (QED) is 0.734. The molecular formula is C12H15O3-. The highest BCUT2D eigenvalue weighted by Crippen LogP contribution is 2.17. The molecule has 0 aliphatic rings. The summed E-state index contributed by atoms with van der Waals surface area (Å²) < 4.78 is 5.39. The Balaban J connectivity index is 2.63. The summed E-state index contributed by atoms with van der Waals surface area (Å²) >= 11 is 0. The van der Waals surface area contributed by atoms with Crippen LogP contribution in [-0.4, -0.2) is 12.6 Å². The number of rotatable bonds is 5. The normalized spacial score (nSPS) is 10.3. The van der Waals surface area contributed by atoms with Gasteiger partial charge in [-0.05, 0) is 24.5 Å². The second kappa shape index (κ2) is 5.39. The van der Waals surface area contributed by atoms with Crippen molar-refractivity contribution in [1.82, 2.24) is 0 Å². The molecule has 0 amide bonds. The molecule has 0 spiro atoms. The third-order valence-corrected chi connectivity index (χ3v) is 2.06. The van der Waals surface area contributed by atoms with E-state index in [-0.39, 0.29) is 5.56 Å². The van der Waals surface area contributed by atoms with Gasteiger partial charge >= 0.3 is 0 Å². The number of hydrogen-bond donors (Lipinski definition) is 0. The van der Waals surface area contributed by atoms with E-state index in [9.17, 15) is 9.90 Å². The van der Waals surface area contributed by atoms with Crippen LogP contribution >= 0.6 is 0 Å². The summed E-state index contributed by atoms with van der Waals surface area (Å²) in [7, 11) is 0. The van der Waals surface area contributed by atoms with Crippen molar-refractivity contribution in [1.29, 1.82) is 0 Å². The molecule has 0 heterocycles. The standard InChI is InChI=1S/C12H16O3/c1-9(2)7-8-15-11-6-4-3-5-10(11)12(13)14/h3-6,9H,7-8H2,1-2H3,(H,13,14)/p-1. The summed E-state index contributed by atoms with van der Waals surface area (Å²) in [6.07, 6.45) is 0.904. The number of aromatic carboxylic acids is 1. The fourth-order valence-corrected chi connectivity index (χ4v) is 1.17. The van der Waals surface area contributed by atoms with Crippen LogP contribution in [0.25, 0.3) is 0 Å². The molecule has 0 saturated heterocycles. The van der Waals surface area contributed by atoms with Gasteiger partial charge < -0.3 is 14.6 Å². The Kier molecular flexibility index (Phi) is 4.16. The van der Waals surface area contributed by atoms with E-state index in [1.165, 1.54) is 6.07 Å². The number of carbonyl (C=O) groups is 1. The molecule has 0 atom stereocenters. The zero-order valence-electron chi connectivity index (χ0n) is 9.03. The monoisotopic (exact) mass is 207 g/mol. The first-order valence-corrected chi connectivity index (χ1v) is 5.04. The average molecular weight is 207 g/mol. The lowest BCUT2D eigenvalue weighted by atomic mass is 10.1. The van der Waals surface area contributed by atoms with Crippen LogP contribution in [0.15, 0.2) is 24.3 Å². The van der Waals surface area contributed by atoms with E-state index in [1.54, 1.807) is 18.2 Å². The summed E-state index contributed by atoms with van der Waals surface area (Å²) in [5.41, 5.74) is 0.112. The minimum absolute atomic E-state index is 0.112. The van der Waals surface area contributed by atoms with Crippen molar-refractivity contribution in [3.8, 4) is 5.75 Å². The van der Waals surface area contributed by atoms with Gasteiger partial charge in [-0.25, -0.2) is 0 Å². The van der Waals surface area contributed by atoms with Crippen LogP contribution < -0.4 is 9.84 Å². The molecule has 0 aliphatic heterocycles. The Hall–Kier alpha value is -1.51. The van der Waals surface area contributed by atoms with E-state index >= 15 is 0 Å². The second-order valence-electron chi connectivity index (χ2n) is 3.81. The average Bonchev–Trinajstić information content (AvgIpc) is 2.17. The van der Waals surface area contributed by atoms with E-state index in [2.05, 4.69) is 13.8 Å². The minimum Gasteiger partial charge on any atom is -0.545 e. The van der Waals surface area contributed by atoms with Crippen molar-refractivity contribution in [3.63, 3.8) is 0 Å². The highest BCUT2D eigenvalue weighted by molar-refractivity contribution is 5.89. The Morgan fingerprint density at radius 3 is 2.67 bits per heavy atom. The predicted octanol–water partition coefficient (Wildman–Crippen LogP) is 1.47. The van der Waals surface area contributed by atoms with Crippen molar-refractivity contribution >= 4 is 5.97 Å². The Labute approximate surface area is 89.7 Å². The predicted molar refractivity (Wildman–Crippen MR) is 55.7 cm³/mol. The molecule has 0 aliphatic carbocycles. The molecule has 0 saturated carbocycles. The topological polar surface area (TPSA) is 49.4 Å². The van der Waals surface area contributed by atoms with Gasteiger partial charge in [0.1, 0.15) is 5.75 Å². The SMILES string of the molecule is CC(C)CCOc1ccccc1C(=O)[O-].